The van der Waals surface area contributed by atoms with Crippen molar-refractivity contribution in [2.45, 2.75) is 6.42 Å². The lowest BCUT2D eigenvalue weighted by Gasteiger charge is -1.99. The number of phenolic OH excluding ortho intramolecular Hbond substituents is 1. The van der Waals surface area contributed by atoms with Gasteiger partial charge in [0.05, 0.1) is 5.69 Å². The molecule has 5 nitrogen and oxygen atoms in total. The molecule has 0 aliphatic rings. The summed E-state index contributed by atoms with van der Waals surface area (Å²) in [6.45, 7) is 0. The number of carbonyl (C=O) groups excluding carboxylic acids is 1. The Balaban J connectivity index is 1.92. The van der Waals surface area contributed by atoms with E-state index in [1.165, 1.54) is 11.3 Å². The number of nitrogens with one attached hydrogen (secondary N) is 1. The second kappa shape index (κ2) is 5.50. The fraction of sp³-hybridized carbons (Fsp3) is 0.0833. The van der Waals surface area contributed by atoms with Crippen LogP contribution < -0.4 is 11.1 Å². The fourth-order valence-corrected chi connectivity index (χ4v) is 2.10. The molecule has 0 aliphatic carbocycles. The van der Waals surface area contributed by atoms with Crippen LogP contribution in [0.4, 0.5) is 9.93 Å². The number of nitrogens with two attached hydrogens (primary N) is 1. The smallest absolute Gasteiger partial charge is 0.318 e. The van der Waals surface area contributed by atoms with Crippen LogP contribution in [-0.4, -0.2) is 16.1 Å². The summed E-state index contributed by atoms with van der Waals surface area (Å²) in [5, 5.41) is 13.9. The summed E-state index contributed by atoms with van der Waals surface area (Å²) in [6, 6.07) is 6.37. The van der Waals surface area contributed by atoms with Crippen LogP contribution >= 0.6 is 11.3 Å². The number of aromatic hydroxyl groups is 1. The van der Waals surface area contributed by atoms with Gasteiger partial charge in [-0.2, -0.15) is 0 Å². The highest BCUT2D eigenvalue weighted by Gasteiger charge is 2.04. The predicted octanol–water partition coefficient (Wildman–Crippen LogP) is 2.13. The van der Waals surface area contributed by atoms with Crippen molar-refractivity contribution in [1.82, 2.24) is 4.98 Å². The number of aromatic nitrogens is 1. The minimum atomic E-state index is -0.616. The average Bonchev–Trinajstić information content (AvgIpc) is 2.75. The Morgan fingerprint density at radius 2 is 2.17 bits per heavy atom. The van der Waals surface area contributed by atoms with Crippen LogP contribution in [-0.2, 0) is 6.42 Å². The number of rotatable bonds is 4. The molecule has 0 spiro atoms. The summed E-state index contributed by atoms with van der Waals surface area (Å²) in [5.41, 5.74) is 6.86. The van der Waals surface area contributed by atoms with Crippen molar-refractivity contribution >= 4 is 22.5 Å². The first kappa shape index (κ1) is 12.4. The number of phenols is 1. The largest absolute Gasteiger partial charge is 0.508 e. The molecule has 0 bridgehead atoms. The maximum atomic E-state index is 10.6. The van der Waals surface area contributed by atoms with Crippen molar-refractivity contribution in [3.05, 3.63) is 47.3 Å². The van der Waals surface area contributed by atoms with Gasteiger partial charge in [0, 0.05) is 11.8 Å². The normalized spacial score (nSPS) is 10.2. The molecule has 1 radical (unpaired) electrons. The first-order valence-electron chi connectivity index (χ1n) is 5.26. The summed E-state index contributed by atoms with van der Waals surface area (Å²) >= 11 is 1.32. The third-order valence-corrected chi connectivity index (χ3v) is 3.01. The van der Waals surface area contributed by atoms with E-state index in [-0.39, 0.29) is 5.75 Å². The van der Waals surface area contributed by atoms with E-state index in [4.69, 9.17) is 10.8 Å². The first-order valence-corrected chi connectivity index (χ1v) is 6.14. The maximum absolute atomic E-state index is 10.6. The minimum absolute atomic E-state index is 0.250. The van der Waals surface area contributed by atoms with Crippen LogP contribution in [0, 0.1) is 6.42 Å². The third kappa shape index (κ3) is 3.46. The minimum Gasteiger partial charge on any atom is -0.508 e. The molecule has 1 aromatic carbocycles. The van der Waals surface area contributed by atoms with Crippen LogP contribution in [0.1, 0.15) is 11.3 Å². The average molecular weight is 262 g/mol. The van der Waals surface area contributed by atoms with Gasteiger partial charge in [0.25, 0.3) is 0 Å². The molecule has 0 saturated heterocycles. The van der Waals surface area contributed by atoms with E-state index in [0.717, 1.165) is 11.3 Å². The van der Waals surface area contributed by atoms with Crippen molar-refractivity contribution in [2.75, 3.05) is 5.32 Å². The number of nitrogens with zero attached hydrogens (tertiary/aromatic N) is 1. The zero-order valence-corrected chi connectivity index (χ0v) is 10.3. The van der Waals surface area contributed by atoms with Crippen molar-refractivity contribution < 1.29 is 9.90 Å². The van der Waals surface area contributed by atoms with E-state index in [1.807, 2.05) is 23.9 Å². The predicted molar refractivity (Wildman–Crippen MR) is 70.5 cm³/mol. The van der Waals surface area contributed by atoms with Crippen LogP contribution in [0.25, 0.3) is 0 Å². The molecule has 0 fully saturated rings. The summed E-state index contributed by atoms with van der Waals surface area (Å²) < 4.78 is 0. The Labute approximate surface area is 108 Å². The van der Waals surface area contributed by atoms with Crippen LogP contribution in [0.5, 0.6) is 5.75 Å². The Morgan fingerprint density at radius 1 is 1.44 bits per heavy atom. The summed E-state index contributed by atoms with van der Waals surface area (Å²) in [4.78, 5) is 14.8. The van der Waals surface area contributed by atoms with E-state index in [2.05, 4.69) is 10.3 Å². The lowest BCUT2D eigenvalue weighted by atomic mass is 10.1. The van der Waals surface area contributed by atoms with Crippen molar-refractivity contribution in [3.63, 3.8) is 0 Å². The number of primary amides is 1. The van der Waals surface area contributed by atoms with Crippen molar-refractivity contribution in [3.8, 4) is 5.75 Å². The van der Waals surface area contributed by atoms with Gasteiger partial charge in [-0.25, -0.2) is 9.78 Å². The van der Waals surface area contributed by atoms with Crippen LogP contribution in [0.2, 0.25) is 0 Å². The quantitative estimate of drug-likeness (QED) is 0.788. The number of hydrogen-bond donors (Lipinski definition) is 3. The third-order valence-electron chi connectivity index (χ3n) is 2.24. The van der Waals surface area contributed by atoms with E-state index in [0.29, 0.717) is 11.6 Å². The SMILES string of the molecule is NC(=O)Nc1nc([CH]Cc2ccc(O)cc2)cs1. The number of benzene rings is 1. The van der Waals surface area contributed by atoms with Gasteiger partial charge in [-0.15, -0.1) is 11.3 Å². The highest BCUT2D eigenvalue weighted by Crippen LogP contribution is 2.18. The zero-order valence-electron chi connectivity index (χ0n) is 9.46. The van der Waals surface area contributed by atoms with Crippen LogP contribution in [0.15, 0.2) is 29.6 Å². The number of amides is 2. The van der Waals surface area contributed by atoms with Gasteiger partial charge in [-0.05, 0) is 24.1 Å². The van der Waals surface area contributed by atoms with Gasteiger partial charge in [0.2, 0.25) is 0 Å². The number of anilines is 1. The zero-order chi connectivity index (χ0) is 13.0. The summed E-state index contributed by atoms with van der Waals surface area (Å²) in [6.07, 6.45) is 2.65. The molecule has 1 aromatic heterocycles. The van der Waals surface area contributed by atoms with Crippen molar-refractivity contribution in [2.24, 2.45) is 5.73 Å². The van der Waals surface area contributed by atoms with Gasteiger partial charge >= 0.3 is 6.03 Å². The lowest BCUT2D eigenvalue weighted by Crippen LogP contribution is -2.19. The first-order chi connectivity index (χ1) is 8.63. The molecule has 0 atom stereocenters. The van der Waals surface area contributed by atoms with Crippen LogP contribution in [0.3, 0.4) is 0 Å². The van der Waals surface area contributed by atoms with Gasteiger partial charge in [-0.1, -0.05) is 12.1 Å². The molecule has 4 N–H and O–H groups in total. The number of carbonyl (C=O) groups is 1. The van der Waals surface area contributed by atoms with Gasteiger partial charge < -0.3 is 10.8 Å². The Hall–Kier alpha value is -2.08. The van der Waals surface area contributed by atoms with E-state index in [9.17, 15) is 4.79 Å². The second-order valence-electron chi connectivity index (χ2n) is 3.64. The van der Waals surface area contributed by atoms with Gasteiger partial charge in [0.1, 0.15) is 5.75 Å². The molecular weight excluding hydrogens is 250 g/mol. The number of thiazole rings is 1. The monoisotopic (exact) mass is 262 g/mol. The lowest BCUT2D eigenvalue weighted by molar-refractivity contribution is 0.259. The number of urea groups is 1. The topological polar surface area (TPSA) is 88.2 Å². The molecule has 2 rings (SSSR count). The molecule has 0 unspecified atom stereocenters. The fourth-order valence-electron chi connectivity index (χ4n) is 1.40. The highest BCUT2D eigenvalue weighted by molar-refractivity contribution is 7.13. The van der Waals surface area contributed by atoms with Crippen molar-refractivity contribution in [1.29, 1.82) is 0 Å². The molecule has 18 heavy (non-hydrogen) atoms. The van der Waals surface area contributed by atoms with E-state index >= 15 is 0 Å². The Bertz CT molecular complexity index is 537. The molecule has 1 heterocycles. The molecule has 93 valence electrons. The Kier molecular flexibility index (Phi) is 3.78. The standard InChI is InChI=1S/C12H12N3O2S/c13-11(17)15-12-14-9(7-18-12)4-1-8-2-5-10(16)6-3-8/h2-7,16H,1H2,(H3,13,14,15,17). The summed E-state index contributed by atoms with van der Waals surface area (Å²) in [5.74, 6) is 0.250. The second-order valence-corrected chi connectivity index (χ2v) is 4.50. The molecule has 0 saturated carbocycles. The van der Waals surface area contributed by atoms with E-state index in [1.54, 1.807) is 12.1 Å². The van der Waals surface area contributed by atoms with Gasteiger partial charge in [0.15, 0.2) is 5.13 Å². The molecule has 2 aromatic rings. The maximum Gasteiger partial charge on any atom is 0.318 e. The Morgan fingerprint density at radius 3 is 2.83 bits per heavy atom. The molecule has 6 heteroatoms. The number of hydrogen-bond acceptors (Lipinski definition) is 4. The highest BCUT2D eigenvalue weighted by atomic mass is 32.1. The summed E-state index contributed by atoms with van der Waals surface area (Å²) in [7, 11) is 0. The molecule has 0 aliphatic heterocycles. The van der Waals surface area contributed by atoms with E-state index < -0.39 is 6.03 Å². The molecular formula is C12H12N3O2S. The van der Waals surface area contributed by atoms with Gasteiger partial charge in [-0.3, -0.25) is 5.32 Å². The molecule has 2 amide bonds.